The molecule has 0 radical (unpaired) electrons. The van der Waals surface area contributed by atoms with E-state index in [-0.39, 0.29) is 12.6 Å². The largest absolute Gasteiger partial charge is 0.396 e. The number of hydrogen-bond acceptors (Lipinski definition) is 3. The minimum Gasteiger partial charge on any atom is -0.396 e. The van der Waals surface area contributed by atoms with Crippen LogP contribution in [0.5, 0.6) is 0 Å². The van der Waals surface area contributed by atoms with Gasteiger partial charge in [0, 0.05) is 6.61 Å². The van der Waals surface area contributed by atoms with Crippen LogP contribution in [0.3, 0.4) is 0 Å². The van der Waals surface area contributed by atoms with Crippen LogP contribution in [-0.4, -0.2) is 36.2 Å². The van der Waals surface area contributed by atoms with Crippen LogP contribution in [0.25, 0.3) is 0 Å². The average Bonchev–Trinajstić information content (AvgIpc) is 2.10. The molecule has 0 saturated carbocycles. The summed E-state index contributed by atoms with van der Waals surface area (Å²) in [5.74, 6) is 0. The van der Waals surface area contributed by atoms with Gasteiger partial charge in [0.1, 0.15) is 0 Å². The Morgan fingerprint density at radius 1 is 1.42 bits per heavy atom. The summed E-state index contributed by atoms with van der Waals surface area (Å²) in [5, 5.41) is 17.1. The summed E-state index contributed by atoms with van der Waals surface area (Å²) in [7, 11) is 1.95. The number of unbranched alkanes of at least 4 members (excludes halogenated alkanes) is 2. The molecule has 0 bridgehead atoms. The van der Waals surface area contributed by atoms with Crippen molar-refractivity contribution in [3.05, 3.63) is 0 Å². The van der Waals surface area contributed by atoms with Gasteiger partial charge in [0.15, 0.2) is 0 Å². The second-order valence-corrected chi connectivity index (χ2v) is 3.07. The van der Waals surface area contributed by atoms with Crippen molar-refractivity contribution in [1.82, 2.24) is 4.90 Å². The first kappa shape index (κ1) is 11.4. The van der Waals surface area contributed by atoms with Crippen LogP contribution in [-0.2, 0) is 0 Å². The zero-order valence-corrected chi connectivity index (χ0v) is 7.95. The van der Waals surface area contributed by atoms with E-state index < -0.39 is 0 Å². The number of nitriles is 1. The van der Waals surface area contributed by atoms with Gasteiger partial charge in [-0.2, -0.15) is 5.26 Å². The summed E-state index contributed by atoms with van der Waals surface area (Å²) in [6.07, 6.45) is 2.97. The van der Waals surface area contributed by atoms with E-state index in [0.717, 1.165) is 25.8 Å². The predicted octanol–water partition coefficient (Wildman–Crippen LogP) is 0.993. The van der Waals surface area contributed by atoms with E-state index in [1.54, 1.807) is 0 Å². The Hall–Kier alpha value is -0.590. The summed E-state index contributed by atoms with van der Waals surface area (Å²) >= 11 is 0. The SMILES string of the molecule is CC(C#N)N(C)CCCCCO. The second kappa shape index (κ2) is 7.08. The lowest BCUT2D eigenvalue weighted by Gasteiger charge is -2.18. The van der Waals surface area contributed by atoms with E-state index in [2.05, 4.69) is 6.07 Å². The van der Waals surface area contributed by atoms with Crippen LogP contribution in [0.2, 0.25) is 0 Å². The molecule has 0 rings (SSSR count). The van der Waals surface area contributed by atoms with Gasteiger partial charge in [-0.3, -0.25) is 4.90 Å². The molecule has 0 aliphatic carbocycles. The van der Waals surface area contributed by atoms with Crippen LogP contribution in [0.4, 0.5) is 0 Å². The lowest BCUT2D eigenvalue weighted by molar-refractivity contribution is 0.265. The molecule has 1 unspecified atom stereocenters. The first-order chi connectivity index (χ1) is 5.72. The van der Waals surface area contributed by atoms with Gasteiger partial charge < -0.3 is 5.11 Å². The number of hydrogen-bond donors (Lipinski definition) is 1. The molecular weight excluding hydrogens is 152 g/mol. The molecule has 0 amide bonds. The minimum atomic E-state index is -0.000809. The van der Waals surface area contributed by atoms with Gasteiger partial charge in [-0.15, -0.1) is 0 Å². The smallest absolute Gasteiger partial charge is 0.0946 e. The van der Waals surface area contributed by atoms with E-state index in [0.29, 0.717) is 0 Å². The second-order valence-electron chi connectivity index (χ2n) is 3.07. The lowest BCUT2D eigenvalue weighted by atomic mass is 10.2. The third kappa shape index (κ3) is 5.11. The minimum absolute atomic E-state index is 0.000809. The van der Waals surface area contributed by atoms with Crippen molar-refractivity contribution in [1.29, 1.82) is 5.26 Å². The maximum absolute atomic E-state index is 8.58. The molecule has 0 aromatic heterocycles. The summed E-state index contributed by atoms with van der Waals surface area (Å²) in [5.41, 5.74) is 0. The van der Waals surface area contributed by atoms with Gasteiger partial charge in [-0.05, 0) is 39.8 Å². The monoisotopic (exact) mass is 170 g/mol. The molecule has 70 valence electrons. The normalized spacial score (nSPS) is 12.9. The number of rotatable bonds is 6. The molecule has 0 saturated heterocycles. The Morgan fingerprint density at radius 3 is 2.58 bits per heavy atom. The van der Waals surface area contributed by atoms with E-state index in [1.807, 2.05) is 18.9 Å². The van der Waals surface area contributed by atoms with Crippen molar-refractivity contribution in [3.63, 3.8) is 0 Å². The van der Waals surface area contributed by atoms with Crippen molar-refractivity contribution < 1.29 is 5.11 Å². The van der Waals surface area contributed by atoms with Gasteiger partial charge in [-0.25, -0.2) is 0 Å². The molecular formula is C9H18N2O. The highest BCUT2D eigenvalue weighted by molar-refractivity contribution is 4.86. The molecule has 0 aliphatic rings. The van der Waals surface area contributed by atoms with Crippen molar-refractivity contribution >= 4 is 0 Å². The molecule has 12 heavy (non-hydrogen) atoms. The summed E-state index contributed by atoms with van der Waals surface area (Å²) < 4.78 is 0. The van der Waals surface area contributed by atoms with Crippen LogP contribution in [0.1, 0.15) is 26.2 Å². The van der Waals surface area contributed by atoms with E-state index in [9.17, 15) is 0 Å². The quantitative estimate of drug-likeness (QED) is 0.605. The fraction of sp³-hybridized carbons (Fsp3) is 0.889. The summed E-state index contributed by atoms with van der Waals surface area (Å²) in [6, 6.07) is 2.18. The van der Waals surface area contributed by atoms with E-state index in [4.69, 9.17) is 10.4 Å². The molecule has 0 aromatic rings. The first-order valence-electron chi connectivity index (χ1n) is 4.43. The maximum atomic E-state index is 8.58. The molecule has 0 fully saturated rings. The lowest BCUT2D eigenvalue weighted by Crippen LogP contribution is -2.28. The average molecular weight is 170 g/mol. The highest BCUT2D eigenvalue weighted by Crippen LogP contribution is 1.99. The highest BCUT2D eigenvalue weighted by atomic mass is 16.2. The standard InChI is InChI=1S/C9H18N2O/c1-9(8-10)11(2)6-4-3-5-7-12/h9,12H,3-7H2,1-2H3. The zero-order valence-electron chi connectivity index (χ0n) is 7.95. The molecule has 3 nitrogen and oxygen atoms in total. The van der Waals surface area contributed by atoms with Gasteiger partial charge in [-0.1, -0.05) is 0 Å². The van der Waals surface area contributed by atoms with Crippen LogP contribution in [0, 0.1) is 11.3 Å². The van der Waals surface area contributed by atoms with Crippen molar-refractivity contribution in [2.75, 3.05) is 20.2 Å². The van der Waals surface area contributed by atoms with Gasteiger partial charge >= 0.3 is 0 Å². The van der Waals surface area contributed by atoms with Crippen molar-refractivity contribution in [2.24, 2.45) is 0 Å². The molecule has 0 aromatic carbocycles. The molecule has 0 aliphatic heterocycles. The van der Waals surface area contributed by atoms with Gasteiger partial charge in [0.2, 0.25) is 0 Å². The van der Waals surface area contributed by atoms with Gasteiger partial charge in [0.25, 0.3) is 0 Å². The Morgan fingerprint density at radius 2 is 2.08 bits per heavy atom. The summed E-state index contributed by atoms with van der Waals surface area (Å²) in [4.78, 5) is 2.03. The van der Waals surface area contributed by atoms with Gasteiger partial charge in [0.05, 0.1) is 12.1 Å². The Kier molecular flexibility index (Phi) is 6.73. The molecule has 0 spiro atoms. The third-order valence-corrected chi connectivity index (χ3v) is 2.02. The predicted molar refractivity (Wildman–Crippen MR) is 48.6 cm³/mol. The van der Waals surface area contributed by atoms with Crippen LogP contribution < -0.4 is 0 Å². The molecule has 1 atom stereocenters. The molecule has 1 N–H and O–H groups in total. The van der Waals surface area contributed by atoms with Crippen LogP contribution >= 0.6 is 0 Å². The molecule has 3 heteroatoms. The van der Waals surface area contributed by atoms with E-state index in [1.165, 1.54) is 0 Å². The fourth-order valence-electron chi connectivity index (χ4n) is 0.942. The highest BCUT2D eigenvalue weighted by Gasteiger charge is 2.05. The van der Waals surface area contributed by atoms with E-state index >= 15 is 0 Å². The van der Waals surface area contributed by atoms with Crippen molar-refractivity contribution in [3.8, 4) is 6.07 Å². The molecule has 0 heterocycles. The first-order valence-corrected chi connectivity index (χ1v) is 4.43. The van der Waals surface area contributed by atoms with Crippen molar-refractivity contribution in [2.45, 2.75) is 32.2 Å². The zero-order chi connectivity index (χ0) is 9.40. The number of aliphatic hydroxyl groups excluding tert-OH is 1. The third-order valence-electron chi connectivity index (χ3n) is 2.02. The Bertz CT molecular complexity index is 142. The number of aliphatic hydroxyl groups is 1. The van der Waals surface area contributed by atoms with Crippen LogP contribution in [0.15, 0.2) is 0 Å². The Balaban J connectivity index is 3.32. The Labute approximate surface area is 74.6 Å². The maximum Gasteiger partial charge on any atom is 0.0946 e. The summed E-state index contributed by atoms with van der Waals surface area (Å²) in [6.45, 7) is 3.11. The topological polar surface area (TPSA) is 47.3 Å². The number of nitrogens with zero attached hydrogens (tertiary/aromatic N) is 2. The fourth-order valence-corrected chi connectivity index (χ4v) is 0.942.